The van der Waals surface area contributed by atoms with Gasteiger partial charge in [-0.3, -0.25) is 0 Å². The average molecular weight is 407 g/mol. The van der Waals surface area contributed by atoms with E-state index >= 15 is 0 Å². The quantitative estimate of drug-likeness (QED) is 0.620. The van der Waals surface area contributed by atoms with Gasteiger partial charge in [0.05, 0.1) is 5.39 Å². The van der Waals surface area contributed by atoms with E-state index in [0.717, 1.165) is 18.8 Å². The highest BCUT2D eigenvalue weighted by molar-refractivity contribution is 7.19. The van der Waals surface area contributed by atoms with Crippen molar-refractivity contribution in [3.05, 3.63) is 52.7 Å². The van der Waals surface area contributed by atoms with Crippen LogP contribution in [0.15, 0.2) is 36.7 Å². The first-order chi connectivity index (χ1) is 14.3. The van der Waals surface area contributed by atoms with E-state index in [9.17, 15) is 0 Å². The number of hydrogen-bond acceptors (Lipinski definition) is 5. The Morgan fingerprint density at radius 2 is 1.90 bits per heavy atom. The zero-order chi connectivity index (χ0) is 19.6. The molecule has 0 aliphatic heterocycles. The van der Waals surface area contributed by atoms with E-state index in [2.05, 4.69) is 57.6 Å². The van der Waals surface area contributed by atoms with Crippen molar-refractivity contribution in [2.75, 3.05) is 18.9 Å². The van der Waals surface area contributed by atoms with Gasteiger partial charge in [-0.1, -0.05) is 30.3 Å². The predicted octanol–water partition coefficient (Wildman–Crippen LogP) is 5.08. The minimum absolute atomic E-state index is 0.531. The molecule has 0 saturated heterocycles. The summed E-state index contributed by atoms with van der Waals surface area (Å²) in [5, 5.41) is 5.11. The van der Waals surface area contributed by atoms with Crippen LogP contribution in [0, 0.1) is 0 Å². The summed E-state index contributed by atoms with van der Waals surface area (Å²) in [6.07, 6.45) is 11.5. The van der Waals surface area contributed by atoms with Crippen molar-refractivity contribution in [1.29, 1.82) is 0 Å². The van der Waals surface area contributed by atoms with Gasteiger partial charge in [-0.15, -0.1) is 11.3 Å². The topological polar surface area (TPSA) is 41.0 Å². The van der Waals surface area contributed by atoms with Gasteiger partial charge in [0.25, 0.3) is 0 Å². The van der Waals surface area contributed by atoms with E-state index in [1.165, 1.54) is 71.2 Å². The van der Waals surface area contributed by atoms with Crippen LogP contribution in [0.4, 0.5) is 5.82 Å². The molecule has 29 heavy (non-hydrogen) atoms. The van der Waals surface area contributed by atoms with Gasteiger partial charge in [0.1, 0.15) is 17.0 Å². The number of anilines is 1. The zero-order valence-corrected chi connectivity index (χ0v) is 18.0. The van der Waals surface area contributed by atoms with Crippen molar-refractivity contribution in [2.45, 2.75) is 63.5 Å². The zero-order valence-electron chi connectivity index (χ0n) is 17.2. The van der Waals surface area contributed by atoms with Gasteiger partial charge < -0.3 is 10.2 Å². The Labute approximate surface area is 177 Å². The standard InChI is InChI=1S/C24H30N4S/c1-28(15-14-17-6-3-2-4-7-17)19-12-10-18(11-13-19)27-23-22-20-8-5-9-21(20)29-24(22)26-16-25-23/h2-4,6-7,16,18-19H,5,8-15H2,1H3,(H,25,26,27)/t18-,19-. The molecule has 2 aliphatic rings. The van der Waals surface area contributed by atoms with E-state index in [-0.39, 0.29) is 0 Å². The van der Waals surface area contributed by atoms with Crippen LogP contribution < -0.4 is 5.32 Å². The average Bonchev–Trinajstić information content (AvgIpc) is 3.35. The molecule has 5 rings (SSSR count). The van der Waals surface area contributed by atoms with Gasteiger partial charge in [0.2, 0.25) is 0 Å². The number of thiophene rings is 1. The number of rotatable bonds is 6. The summed E-state index contributed by atoms with van der Waals surface area (Å²) in [4.78, 5) is 14.5. The van der Waals surface area contributed by atoms with E-state index in [1.54, 1.807) is 6.33 Å². The van der Waals surface area contributed by atoms with E-state index in [4.69, 9.17) is 0 Å². The Balaban J connectivity index is 1.18. The van der Waals surface area contributed by atoms with Crippen molar-refractivity contribution in [1.82, 2.24) is 14.9 Å². The molecular formula is C24H30N4S. The first-order valence-electron chi connectivity index (χ1n) is 11.0. The lowest BCUT2D eigenvalue weighted by atomic mass is 9.90. The van der Waals surface area contributed by atoms with Crippen LogP contribution in [0.2, 0.25) is 0 Å². The fraction of sp³-hybridized carbons (Fsp3) is 0.500. The molecule has 3 aromatic rings. The Bertz CT molecular complexity index is 960. The van der Waals surface area contributed by atoms with Gasteiger partial charge in [-0.25, -0.2) is 9.97 Å². The molecule has 0 bridgehead atoms. The molecule has 2 aliphatic carbocycles. The lowest BCUT2D eigenvalue weighted by molar-refractivity contribution is 0.188. The van der Waals surface area contributed by atoms with Crippen molar-refractivity contribution >= 4 is 27.4 Å². The highest BCUT2D eigenvalue weighted by Crippen LogP contribution is 2.39. The van der Waals surface area contributed by atoms with Gasteiger partial charge >= 0.3 is 0 Å². The third kappa shape index (κ3) is 4.03. The van der Waals surface area contributed by atoms with E-state index in [1.807, 2.05) is 11.3 Å². The van der Waals surface area contributed by atoms with Crippen LogP contribution in [0.5, 0.6) is 0 Å². The SMILES string of the molecule is CN(CCc1ccccc1)[C@H]1CC[C@H](Nc2ncnc3sc4c(c23)CCC4)CC1. The van der Waals surface area contributed by atoms with Gasteiger partial charge in [0.15, 0.2) is 0 Å². The number of hydrogen-bond donors (Lipinski definition) is 1. The molecule has 0 spiro atoms. The largest absolute Gasteiger partial charge is 0.367 e. The Morgan fingerprint density at radius 1 is 1.07 bits per heavy atom. The fourth-order valence-electron chi connectivity index (χ4n) is 5.03. The summed E-state index contributed by atoms with van der Waals surface area (Å²) in [6.45, 7) is 1.14. The Morgan fingerprint density at radius 3 is 2.72 bits per heavy atom. The molecule has 4 nitrogen and oxygen atoms in total. The molecule has 0 atom stereocenters. The van der Waals surface area contributed by atoms with Crippen LogP contribution in [0.1, 0.15) is 48.1 Å². The monoisotopic (exact) mass is 406 g/mol. The predicted molar refractivity (Wildman–Crippen MR) is 122 cm³/mol. The number of aryl methyl sites for hydroxylation is 2. The highest BCUT2D eigenvalue weighted by atomic mass is 32.1. The number of benzene rings is 1. The van der Waals surface area contributed by atoms with Crippen LogP contribution in [0.25, 0.3) is 10.2 Å². The Hall–Kier alpha value is -1.98. The third-order valence-corrected chi connectivity index (χ3v) is 7.96. The van der Waals surface area contributed by atoms with Crippen molar-refractivity contribution < 1.29 is 0 Å². The molecule has 0 radical (unpaired) electrons. The molecule has 1 N–H and O–H groups in total. The van der Waals surface area contributed by atoms with E-state index in [0.29, 0.717) is 12.1 Å². The lowest BCUT2D eigenvalue weighted by Gasteiger charge is -2.35. The third-order valence-electron chi connectivity index (χ3n) is 6.76. The molecular weight excluding hydrogens is 376 g/mol. The molecule has 1 saturated carbocycles. The normalized spacial score (nSPS) is 21.6. The molecule has 0 amide bonds. The summed E-state index contributed by atoms with van der Waals surface area (Å²) in [5.41, 5.74) is 2.95. The number of aromatic nitrogens is 2. The first-order valence-corrected chi connectivity index (χ1v) is 11.9. The summed E-state index contributed by atoms with van der Waals surface area (Å²) in [6, 6.07) is 12.1. The summed E-state index contributed by atoms with van der Waals surface area (Å²) >= 11 is 1.87. The number of nitrogens with zero attached hydrogens (tertiary/aromatic N) is 3. The summed E-state index contributed by atoms with van der Waals surface area (Å²) in [7, 11) is 2.30. The van der Waals surface area contributed by atoms with Gasteiger partial charge in [-0.2, -0.15) is 0 Å². The molecule has 0 unspecified atom stereocenters. The number of fused-ring (bicyclic) bond motifs is 3. The minimum Gasteiger partial charge on any atom is -0.367 e. The minimum atomic E-state index is 0.531. The maximum Gasteiger partial charge on any atom is 0.138 e. The molecule has 152 valence electrons. The van der Waals surface area contributed by atoms with Crippen LogP contribution in [0.3, 0.4) is 0 Å². The molecule has 1 aromatic carbocycles. The van der Waals surface area contributed by atoms with Crippen molar-refractivity contribution in [2.24, 2.45) is 0 Å². The van der Waals surface area contributed by atoms with Crippen LogP contribution in [-0.4, -0.2) is 40.5 Å². The maximum atomic E-state index is 4.64. The Kier molecular flexibility index (Phi) is 5.51. The number of likely N-dealkylation sites (N-methyl/N-ethyl adjacent to an activating group) is 1. The smallest absolute Gasteiger partial charge is 0.138 e. The van der Waals surface area contributed by atoms with Gasteiger partial charge in [-0.05, 0) is 69.5 Å². The molecule has 2 heterocycles. The maximum absolute atomic E-state index is 4.64. The van der Waals surface area contributed by atoms with Crippen LogP contribution >= 0.6 is 11.3 Å². The highest BCUT2D eigenvalue weighted by Gasteiger charge is 2.26. The molecule has 1 fully saturated rings. The summed E-state index contributed by atoms with van der Waals surface area (Å²) < 4.78 is 0. The second kappa shape index (κ2) is 8.41. The fourth-order valence-corrected chi connectivity index (χ4v) is 6.25. The van der Waals surface area contributed by atoms with Crippen molar-refractivity contribution in [3.63, 3.8) is 0 Å². The second-order valence-corrected chi connectivity index (χ2v) is 9.71. The first kappa shape index (κ1) is 19.0. The van der Waals surface area contributed by atoms with Gasteiger partial charge in [0, 0.05) is 23.5 Å². The lowest BCUT2D eigenvalue weighted by Crippen LogP contribution is -2.39. The second-order valence-electron chi connectivity index (χ2n) is 8.63. The molecule has 5 heteroatoms. The van der Waals surface area contributed by atoms with Crippen molar-refractivity contribution in [3.8, 4) is 0 Å². The molecule has 2 aromatic heterocycles. The van der Waals surface area contributed by atoms with Crippen LogP contribution in [-0.2, 0) is 19.3 Å². The summed E-state index contributed by atoms with van der Waals surface area (Å²) in [5.74, 6) is 1.08. The van der Waals surface area contributed by atoms with E-state index < -0.39 is 0 Å². The number of nitrogens with one attached hydrogen (secondary N) is 1.